The Morgan fingerprint density at radius 1 is 1.55 bits per heavy atom. The maximum Gasteiger partial charge on any atom is 0.180 e. The lowest BCUT2D eigenvalue weighted by Gasteiger charge is -1.92. The maximum absolute atomic E-state index is 13.0. The van der Waals surface area contributed by atoms with Crippen molar-refractivity contribution in [3.8, 4) is 0 Å². The summed E-state index contributed by atoms with van der Waals surface area (Å²) in [7, 11) is 0. The fraction of sp³-hybridized carbons (Fsp3) is 0.143. The number of H-pyrrole nitrogens is 1. The molecule has 4 heteroatoms. The highest BCUT2D eigenvalue weighted by Gasteiger charge is 2.03. The van der Waals surface area contributed by atoms with E-state index in [1.54, 1.807) is 6.92 Å². The normalized spacial score (nSPS) is 10.7. The molecule has 0 bridgehead atoms. The smallest absolute Gasteiger partial charge is 0.180 e. The minimum Gasteiger partial charge on any atom is -0.341 e. The van der Waals surface area contributed by atoms with Crippen molar-refractivity contribution < 1.29 is 4.39 Å². The van der Waals surface area contributed by atoms with Crippen LogP contribution in [0.25, 0.3) is 11.2 Å². The molecule has 0 fully saturated rings. The number of hydrogen-bond donors (Lipinski definition) is 1. The first-order chi connectivity index (χ1) is 5.27. The highest BCUT2D eigenvalue weighted by atomic mass is 19.1. The standard InChI is InChI=1S/C7H6FN3/c1-4-2-5(8)6-7(11-4)10-3-9-6/h2-3H,1H3,(H,9,10,11). The Labute approximate surface area is 62.3 Å². The molecule has 0 radical (unpaired) electrons. The molecule has 11 heavy (non-hydrogen) atoms. The predicted octanol–water partition coefficient (Wildman–Crippen LogP) is 1.41. The van der Waals surface area contributed by atoms with Crippen molar-refractivity contribution in [1.29, 1.82) is 0 Å². The van der Waals surface area contributed by atoms with E-state index in [1.165, 1.54) is 12.4 Å². The largest absolute Gasteiger partial charge is 0.341 e. The molecule has 2 heterocycles. The molecule has 56 valence electrons. The lowest BCUT2D eigenvalue weighted by atomic mass is 10.3. The van der Waals surface area contributed by atoms with E-state index >= 15 is 0 Å². The van der Waals surface area contributed by atoms with Gasteiger partial charge in [-0.05, 0) is 13.0 Å². The number of aryl methyl sites for hydroxylation is 1. The summed E-state index contributed by atoms with van der Waals surface area (Å²) < 4.78 is 13.0. The van der Waals surface area contributed by atoms with Crippen LogP contribution in [0.15, 0.2) is 12.4 Å². The van der Waals surface area contributed by atoms with Crippen molar-refractivity contribution >= 4 is 11.2 Å². The number of nitrogens with zero attached hydrogens (tertiary/aromatic N) is 2. The topological polar surface area (TPSA) is 41.6 Å². The van der Waals surface area contributed by atoms with Crippen molar-refractivity contribution in [2.24, 2.45) is 0 Å². The molecular weight excluding hydrogens is 145 g/mol. The summed E-state index contributed by atoms with van der Waals surface area (Å²) in [6.07, 6.45) is 1.43. The number of fused-ring (bicyclic) bond motifs is 1. The molecule has 0 aliphatic carbocycles. The Hall–Kier alpha value is -1.45. The van der Waals surface area contributed by atoms with Crippen molar-refractivity contribution in [2.75, 3.05) is 0 Å². The Balaban J connectivity index is 2.91. The summed E-state index contributed by atoms with van der Waals surface area (Å²) >= 11 is 0. The van der Waals surface area contributed by atoms with Gasteiger partial charge in [-0.15, -0.1) is 0 Å². The van der Waals surface area contributed by atoms with E-state index in [9.17, 15) is 4.39 Å². The highest BCUT2D eigenvalue weighted by molar-refractivity contribution is 5.70. The van der Waals surface area contributed by atoms with Crippen LogP contribution in [-0.4, -0.2) is 15.0 Å². The van der Waals surface area contributed by atoms with E-state index in [0.717, 1.165) is 0 Å². The number of aromatic nitrogens is 3. The number of rotatable bonds is 0. The SMILES string of the molecule is Cc1cc(F)c2[nH]cnc2n1. The van der Waals surface area contributed by atoms with E-state index in [0.29, 0.717) is 16.9 Å². The van der Waals surface area contributed by atoms with Gasteiger partial charge in [-0.1, -0.05) is 0 Å². The van der Waals surface area contributed by atoms with Crippen molar-refractivity contribution in [1.82, 2.24) is 15.0 Å². The number of halogens is 1. The van der Waals surface area contributed by atoms with E-state index in [-0.39, 0.29) is 5.82 Å². The number of imidazole rings is 1. The van der Waals surface area contributed by atoms with E-state index < -0.39 is 0 Å². The first-order valence-electron chi connectivity index (χ1n) is 3.23. The summed E-state index contributed by atoms with van der Waals surface area (Å²) in [5, 5.41) is 0. The lowest BCUT2D eigenvalue weighted by molar-refractivity contribution is 0.634. The van der Waals surface area contributed by atoms with Gasteiger partial charge in [0, 0.05) is 5.69 Å². The van der Waals surface area contributed by atoms with Gasteiger partial charge in [0.25, 0.3) is 0 Å². The van der Waals surface area contributed by atoms with Gasteiger partial charge in [0.15, 0.2) is 11.5 Å². The molecule has 0 aliphatic heterocycles. The molecule has 2 aromatic heterocycles. The quantitative estimate of drug-likeness (QED) is 0.618. The van der Waals surface area contributed by atoms with Crippen LogP contribution >= 0.6 is 0 Å². The van der Waals surface area contributed by atoms with Crippen LogP contribution in [0.4, 0.5) is 4.39 Å². The molecule has 1 N–H and O–H groups in total. The zero-order valence-corrected chi connectivity index (χ0v) is 5.93. The van der Waals surface area contributed by atoms with E-state index in [2.05, 4.69) is 15.0 Å². The third-order valence-corrected chi connectivity index (χ3v) is 1.48. The number of aromatic amines is 1. The molecule has 0 aliphatic rings. The van der Waals surface area contributed by atoms with Crippen LogP contribution in [0.5, 0.6) is 0 Å². The average molecular weight is 151 g/mol. The molecule has 0 atom stereocenters. The van der Waals surface area contributed by atoms with Gasteiger partial charge in [0.1, 0.15) is 5.52 Å². The molecule has 0 spiro atoms. The zero-order valence-electron chi connectivity index (χ0n) is 5.93. The first-order valence-corrected chi connectivity index (χ1v) is 3.23. The fourth-order valence-electron chi connectivity index (χ4n) is 1.00. The predicted molar refractivity (Wildman–Crippen MR) is 38.6 cm³/mol. The Morgan fingerprint density at radius 2 is 2.36 bits per heavy atom. The summed E-state index contributed by atoms with van der Waals surface area (Å²) in [6.45, 7) is 1.73. The Morgan fingerprint density at radius 3 is 3.18 bits per heavy atom. The Kier molecular flexibility index (Phi) is 1.15. The molecule has 0 aromatic carbocycles. The molecule has 0 saturated heterocycles. The number of hydrogen-bond acceptors (Lipinski definition) is 2. The molecule has 2 aromatic rings. The molecular formula is C7H6FN3. The third kappa shape index (κ3) is 0.869. The van der Waals surface area contributed by atoms with Crippen LogP contribution < -0.4 is 0 Å². The molecule has 2 rings (SSSR count). The Bertz CT molecular complexity index is 393. The third-order valence-electron chi connectivity index (χ3n) is 1.48. The first kappa shape index (κ1) is 6.27. The van der Waals surface area contributed by atoms with Gasteiger partial charge >= 0.3 is 0 Å². The van der Waals surface area contributed by atoms with Crippen LogP contribution in [0, 0.1) is 12.7 Å². The van der Waals surface area contributed by atoms with Crippen LogP contribution in [0.3, 0.4) is 0 Å². The van der Waals surface area contributed by atoms with Crippen molar-refractivity contribution in [3.05, 3.63) is 23.9 Å². The van der Waals surface area contributed by atoms with Crippen LogP contribution in [0.1, 0.15) is 5.69 Å². The van der Waals surface area contributed by atoms with Crippen LogP contribution in [-0.2, 0) is 0 Å². The average Bonchev–Trinajstić information content (AvgIpc) is 2.34. The minimum absolute atomic E-state index is 0.301. The van der Waals surface area contributed by atoms with Gasteiger partial charge in [0.05, 0.1) is 6.33 Å². The summed E-state index contributed by atoms with van der Waals surface area (Å²) in [5.74, 6) is -0.301. The van der Waals surface area contributed by atoms with E-state index in [1.807, 2.05) is 0 Å². The van der Waals surface area contributed by atoms with Gasteiger partial charge in [0.2, 0.25) is 0 Å². The molecule has 0 amide bonds. The van der Waals surface area contributed by atoms with Crippen molar-refractivity contribution in [2.45, 2.75) is 6.92 Å². The second-order valence-electron chi connectivity index (χ2n) is 2.35. The fourth-order valence-corrected chi connectivity index (χ4v) is 1.00. The lowest BCUT2D eigenvalue weighted by Crippen LogP contribution is -1.86. The van der Waals surface area contributed by atoms with Gasteiger partial charge in [-0.3, -0.25) is 0 Å². The second-order valence-corrected chi connectivity index (χ2v) is 2.35. The highest BCUT2D eigenvalue weighted by Crippen LogP contribution is 2.11. The minimum atomic E-state index is -0.301. The monoisotopic (exact) mass is 151 g/mol. The van der Waals surface area contributed by atoms with Gasteiger partial charge in [-0.25, -0.2) is 14.4 Å². The summed E-state index contributed by atoms with van der Waals surface area (Å²) in [4.78, 5) is 10.5. The molecule has 0 unspecified atom stereocenters. The summed E-state index contributed by atoms with van der Waals surface area (Å²) in [5.41, 5.74) is 1.44. The van der Waals surface area contributed by atoms with Crippen molar-refractivity contribution in [3.63, 3.8) is 0 Å². The van der Waals surface area contributed by atoms with Gasteiger partial charge < -0.3 is 4.98 Å². The van der Waals surface area contributed by atoms with E-state index in [4.69, 9.17) is 0 Å². The van der Waals surface area contributed by atoms with Gasteiger partial charge in [-0.2, -0.15) is 0 Å². The second kappa shape index (κ2) is 2.02. The number of pyridine rings is 1. The zero-order chi connectivity index (χ0) is 7.84. The molecule has 3 nitrogen and oxygen atoms in total. The maximum atomic E-state index is 13.0. The number of nitrogens with one attached hydrogen (secondary N) is 1. The summed E-state index contributed by atoms with van der Waals surface area (Å²) in [6, 6.07) is 1.38. The van der Waals surface area contributed by atoms with Crippen LogP contribution in [0.2, 0.25) is 0 Å². The molecule has 0 saturated carbocycles.